The van der Waals surface area contributed by atoms with Crippen molar-refractivity contribution < 1.29 is 19.3 Å². The second kappa shape index (κ2) is 7.96. The molecule has 0 unspecified atom stereocenters. The van der Waals surface area contributed by atoms with Gasteiger partial charge in [-0.3, -0.25) is 4.57 Å². The lowest BCUT2D eigenvalue weighted by molar-refractivity contribution is -0.199. The number of aliphatic hydroxyl groups is 1. The van der Waals surface area contributed by atoms with Crippen molar-refractivity contribution in [2.45, 2.75) is 63.6 Å². The van der Waals surface area contributed by atoms with Crippen molar-refractivity contribution in [1.82, 2.24) is 19.5 Å². The fourth-order valence-corrected chi connectivity index (χ4v) is 4.48. The number of nitrogen functional groups attached to an aromatic ring is 1. The summed E-state index contributed by atoms with van der Waals surface area (Å²) < 4.78 is 19.9. The predicted octanol–water partition coefficient (Wildman–Crippen LogP) is 2.38. The van der Waals surface area contributed by atoms with Gasteiger partial charge in [-0.1, -0.05) is 37.3 Å². The van der Waals surface area contributed by atoms with Crippen LogP contribution in [-0.4, -0.2) is 55.3 Å². The van der Waals surface area contributed by atoms with E-state index in [1.807, 2.05) is 32.0 Å². The highest BCUT2D eigenvalue weighted by Crippen LogP contribution is 2.43. The lowest BCUT2D eigenvalue weighted by atomic mass is 10.1. The summed E-state index contributed by atoms with van der Waals surface area (Å²) in [6.45, 7) is 5.61. The van der Waals surface area contributed by atoms with E-state index in [9.17, 15) is 5.11 Å². The molecule has 0 saturated carbocycles. The molecule has 2 aliphatic rings. The molecule has 0 radical (unpaired) electrons. The van der Waals surface area contributed by atoms with Gasteiger partial charge in [-0.25, -0.2) is 4.98 Å². The molecule has 3 aromatic rings. The van der Waals surface area contributed by atoms with E-state index in [4.69, 9.17) is 24.9 Å². The maximum atomic E-state index is 9.79. The van der Waals surface area contributed by atoms with Crippen LogP contribution in [0, 0.1) is 0 Å². The fraction of sp³-hybridized carbons (Fsp3) is 0.500. The van der Waals surface area contributed by atoms with E-state index in [2.05, 4.69) is 34.3 Å². The summed E-state index contributed by atoms with van der Waals surface area (Å²) in [6.07, 6.45) is 0.574. The summed E-state index contributed by atoms with van der Waals surface area (Å²) in [7, 11) is 0. The van der Waals surface area contributed by atoms with Crippen LogP contribution >= 0.6 is 0 Å². The highest BCUT2D eigenvalue weighted by Gasteiger charge is 2.56. The first-order chi connectivity index (χ1) is 15.4. The summed E-state index contributed by atoms with van der Waals surface area (Å²) in [5, 5.41) is 13.2. The van der Waals surface area contributed by atoms with Gasteiger partial charge in [0.1, 0.15) is 23.8 Å². The molecule has 10 heteroatoms. The van der Waals surface area contributed by atoms with Gasteiger partial charge in [0.2, 0.25) is 5.95 Å². The van der Waals surface area contributed by atoms with E-state index >= 15 is 0 Å². The van der Waals surface area contributed by atoms with Crippen LogP contribution < -0.4 is 11.1 Å². The number of rotatable bonds is 6. The van der Waals surface area contributed by atoms with Gasteiger partial charge in [0.15, 0.2) is 23.5 Å². The molecule has 2 aliphatic heterocycles. The maximum Gasteiger partial charge on any atom is 0.227 e. The highest BCUT2D eigenvalue weighted by atomic mass is 16.8. The number of aliphatic hydroxyl groups excluding tert-OH is 1. The van der Waals surface area contributed by atoms with Crippen LogP contribution in [0.2, 0.25) is 0 Å². The summed E-state index contributed by atoms with van der Waals surface area (Å²) in [6, 6.07) is 10.2. The first kappa shape index (κ1) is 21.1. The molecule has 170 valence electrons. The molecule has 2 saturated heterocycles. The zero-order valence-electron chi connectivity index (χ0n) is 18.3. The molecule has 5 rings (SSSR count). The third kappa shape index (κ3) is 3.58. The van der Waals surface area contributed by atoms with Crippen LogP contribution in [-0.2, 0) is 14.2 Å². The zero-order chi connectivity index (χ0) is 22.5. The van der Waals surface area contributed by atoms with Crippen molar-refractivity contribution in [3.05, 3.63) is 42.2 Å². The van der Waals surface area contributed by atoms with Crippen molar-refractivity contribution in [2.75, 3.05) is 17.7 Å². The molecule has 5 atom stereocenters. The van der Waals surface area contributed by atoms with Crippen molar-refractivity contribution in [2.24, 2.45) is 0 Å². The molecule has 2 aromatic heterocycles. The summed E-state index contributed by atoms with van der Waals surface area (Å²) in [5.74, 6) is -0.0904. The van der Waals surface area contributed by atoms with Gasteiger partial charge in [0, 0.05) is 0 Å². The van der Waals surface area contributed by atoms with Crippen LogP contribution in [0.4, 0.5) is 11.8 Å². The highest BCUT2D eigenvalue weighted by molar-refractivity contribution is 5.83. The molecule has 0 spiro atoms. The van der Waals surface area contributed by atoms with E-state index in [0.717, 1.165) is 12.0 Å². The maximum absolute atomic E-state index is 9.79. The van der Waals surface area contributed by atoms with E-state index in [1.54, 1.807) is 10.9 Å². The Balaban J connectivity index is 1.50. The molecule has 4 heterocycles. The molecule has 1 aromatic carbocycles. The van der Waals surface area contributed by atoms with Crippen molar-refractivity contribution >= 4 is 22.9 Å². The zero-order valence-corrected chi connectivity index (χ0v) is 18.3. The average Bonchev–Trinajstić information content (AvgIpc) is 3.43. The number of nitrogens with two attached hydrogens (primary N) is 1. The van der Waals surface area contributed by atoms with E-state index in [0.29, 0.717) is 17.1 Å². The van der Waals surface area contributed by atoms with Gasteiger partial charge >= 0.3 is 0 Å². The molecular weight excluding hydrogens is 412 g/mol. The first-order valence-electron chi connectivity index (χ1n) is 10.8. The molecule has 2 fully saturated rings. The Morgan fingerprint density at radius 1 is 1.19 bits per heavy atom. The number of aromatic nitrogens is 4. The number of fused-ring (bicyclic) bond motifs is 2. The lowest BCUT2D eigenvalue weighted by Crippen LogP contribution is -2.31. The van der Waals surface area contributed by atoms with Crippen LogP contribution in [0.5, 0.6) is 0 Å². The van der Waals surface area contributed by atoms with Crippen LogP contribution in [0.25, 0.3) is 11.2 Å². The Hall–Kier alpha value is -2.79. The molecule has 4 N–H and O–H groups in total. The van der Waals surface area contributed by atoms with Gasteiger partial charge in [-0.15, -0.1) is 0 Å². The van der Waals surface area contributed by atoms with Crippen molar-refractivity contribution in [3.63, 3.8) is 0 Å². The normalized spacial score (nSPS) is 27.5. The first-order valence-corrected chi connectivity index (χ1v) is 10.8. The molecule has 0 amide bonds. The number of imidazole rings is 1. The van der Waals surface area contributed by atoms with E-state index < -0.39 is 30.3 Å². The van der Waals surface area contributed by atoms with Gasteiger partial charge < -0.3 is 30.4 Å². The van der Waals surface area contributed by atoms with Crippen molar-refractivity contribution in [3.8, 4) is 0 Å². The fourth-order valence-electron chi connectivity index (χ4n) is 4.48. The minimum absolute atomic E-state index is 0.0302. The Bertz CT molecular complexity index is 1100. The number of nitrogens with zero attached hydrogens (tertiary/aromatic N) is 4. The van der Waals surface area contributed by atoms with Crippen molar-refractivity contribution in [1.29, 1.82) is 0 Å². The van der Waals surface area contributed by atoms with Gasteiger partial charge in [0.05, 0.1) is 19.0 Å². The topological polar surface area (TPSA) is 130 Å². The summed E-state index contributed by atoms with van der Waals surface area (Å²) >= 11 is 0. The number of ether oxygens (including phenoxy) is 3. The van der Waals surface area contributed by atoms with Gasteiger partial charge in [-0.2, -0.15) is 9.97 Å². The number of nitrogens with one attached hydrogen (secondary N) is 1. The second-order valence-corrected chi connectivity index (χ2v) is 8.58. The Morgan fingerprint density at radius 3 is 2.66 bits per heavy atom. The van der Waals surface area contributed by atoms with E-state index in [1.165, 1.54) is 0 Å². The Labute approximate surface area is 185 Å². The molecule has 10 nitrogen and oxygen atoms in total. The second-order valence-electron chi connectivity index (χ2n) is 8.58. The lowest BCUT2D eigenvalue weighted by Gasteiger charge is -2.24. The summed E-state index contributed by atoms with van der Waals surface area (Å²) in [5.41, 5.74) is 8.37. The van der Waals surface area contributed by atoms with Crippen LogP contribution in [0.15, 0.2) is 36.7 Å². The third-order valence-electron chi connectivity index (χ3n) is 5.94. The Kier molecular flexibility index (Phi) is 5.25. The minimum atomic E-state index is -0.772. The largest absolute Gasteiger partial charge is 0.394 e. The standard InChI is InChI=1S/C22H28N6O4/c1-4-13(12-8-6-5-7-9-12)25-21-26-18(23)15-19(27-21)28(11-24-15)20-17-16(14(10-29)30-20)31-22(2,3)32-17/h5-9,11,13-14,16-17,20,29H,4,10H2,1-3H3,(H3,23,25,26,27)/t13-,14+,16+,17+,20+/m0/s1. The van der Waals surface area contributed by atoms with Crippen LogP contribution in [0.3, 0.4) is 0 Å². The van der Waals surface area contributed by atoms with E-state index in [-0.39, 0.29) is 18.5 Å². The molecule has 0 bridgehead atoms. The quantitative estimate of drug-likeness (QED) is 0.529. The average molecular weight is 441 g/mol. The molecular formula is C22H28N6O4. The van der Waals surface area contributed by atoms with Gasteiger partial charge in [-0.05, 0) is 25.8 Å². The Morgan fingerprint density at radius 2 is 1.94 bits per heavy atom. The number of hydrogen-bond acceptors (Lipinski definition) is 9. The monoisotopic (exact) mass is 440 g/mol. The summed E-state index contributed by atoms with van der Waals surface area (Å²) in [4.78, 5) is 13.5. The molecule has 32 heavy (non-hydrogen) atoms. The number of anilines is 2. The number of benzene rings is 1. The SMILES string of the molecule is CC[C@H](Nc1nc(N)c2ncn([C@@H]3O[C@H](CO)[C@H]4OC(C)(C)O[C@H]43)c2n1)c1ccccc1. The number of hydrogen-bond donors (Lipinski definition) is 3. The smallest absolute Gasteiger partial charge is 0.227 e. The minimum Gasteiger partial charge on any atom is -0.394 e. The molecule has 0 aliphatic carbocycles. The predicted molar refractivity (Wildman–Crippen MR) is 118 cm³/mol. The van der Waals surface area contributed by atoms with Crippen LogP contribution in [0.1, 0.15) is 45.0 Å². The third-order valence-corrected chi connectivity index (χ3v) is 5.94. The van der Waals surface area contributed by atoms with Gasteiger partial charge in [0.25, 0.3) is 0 Å².